The van der Waals surface area contributed by atoms with Crippen molar-refractivity contribution >= 4 is 46.8 Å². The Labute approximate surface area is 267 Å². The van der Waals surface area contributed by atoms with E-state index in [9.17, 15) is 14.4 Å². The topological polar surface area (TPSA) is 179 Å². The lowest BCUT2D eigenvalue weighted by Gasteiger charge is -2.35. The molecule has 1 aliphatic heterocycles. The van der Waals surface area contributed by atoms with Gasteiger partial charge >= 0.3 is 0 Å². The number of carbonyl (C=O) groups is 2. The van der Waals surface area contributed by atoms with Crippen LogP contribution in [0.4, 0.5) is 11.6 Å². The number of hydrogen-bond donors (Lipinski definition) is 5. The van der Waals surface area contributed by atoms with Crippen molar-refractivity contribution in [1.82, 2.24) is 25.5 Å². The largest absolute Gasteiger partial charge is 0.368 e. The van der Waals surface area contributed by atoms with Crippen LogP contribution in [0.1, 0.15) is 31.2 Å². The summed E-state index contributed by atoms with van der Waals surface area (Å²) in [6.07, 6.45) is 6.98. The molecule has 6 rings (SSSR count). The van der Waals surface area contributed by atoms with E-state index >= 15 is 0 Å². The SMILES string of the molecule is Cl.NC[C@H]1CC[C@H](C(=O)N(c2ccc3c(=O)[nH][nH]c3c2)[C@@H](Cc2cccc(-c3cnc(N4CCNCC4)nc3)c2)C(N)=O)CC1. The maximum absolute atomic E-state index is 14.2. The van der Waals surface area contributed by atoms with Crippen molar-refractivity contribution in [2.45, 2.75) is 38.1 Å². The van der Waals surface area contributed by atoms with Crippen molar-refractivity contribution in [3.05, 3.63) is 70.8 Å². The number of nitrogens with one attached hydrogen (secondary N) is 3. The highest BCUT2D eigenvalue weighted by molar-refractivity contribution is 6.03. The molecule has 4 aromatic rings. The Hall–Kier alpha value is -4.26. The zero-order chi connectivity index (χ0) is 30.6. The molecule has 0 unspecified atom stereocenters. The van der Waals surface area contributed by atoms with Gasteiger partial charge in [0, 0.05) is 62.2 Å². The highest BCUT2D eigenvalue weighted by atomic mass is 35.5. The van der Waals surface area contributed by atoms with E-state index in [2.05, 4.69) is 30.4 Å². The molecule has 0 bridgehead atoms. The summed E-state index contributed by atoms with van der Waals surface area (Å²) in [5.41, 5.74) is 15.4. The quantitative estimate of drug-likeness (QED) is 0.186. The van der Waals surface area contributed by atoms with E-state index in [0.717, 1.165) is 55.7 Å². The van der Waals surface area contributed by atoms with Crippen molar-refractivity contribution in [2.24, 2.45) is 23.3 Å². The first-order valence-electron chi connectivity index (χ1n) is 15.3. The van der Waals surface area contributed by atoms with Crippen molar-refractivity contribution < 1.29 is 9.59 Å². The van der Waals surface area contributed by atoms with E-state index in [1.807, 2.05) is 36.7 Å². The molecule has 2 fully saturated rings. The fraction of sp³-hybridized carbons (Fsp3) is 0.406. The minimum Gasteiger partial charge on any atom is -0.368 e. The summed E-state index contributed by atoms with van der Waals surface area (Å²) in [6, 6.07) is 12.0. The zero-order valence-corrected chi connectivity index (χ0v) is 25.9. The number of nitrogens with two attached hydrogens (primary N) is 2. The van der Waals surface area contributed by atoms with E-state index in [-0.39, 0.29) is 36.2 Å². The van der Waals surface area contributed by atoms with Crippen LogP contribution < -0.4 is 32.1 Å². The maximum Gasteiger partial charge on any atom is 0.271 e. The smallest absolute Gasteiger partial charge is 0.271 e. The molecule has 2 amide bonds. The number of amides is 2. The Morgan fingerprint density at radius 3 is 2.40 bits per heavy atom. The summed E-state index contributed by atoms with van der Waals surface area (Å²) in [5, 5.41) is 9.24. The third-order valence-corrected chi connectivity index (χ3v) is 8.97. The molecule has 238 valence electrons. The number of aromatic nitrogens is 4. The molecule has 1 saturated heterocycles. The van der Waals surface area contributed by atoms with E-state index in [4.69, 9.17) is 11.5 Å². The number of primary amides is 1. The van der Waals surface area contributed by atoms with Gasteiger partial charge < -0.3 is 21.7 Å². The van der Waals surface area contributed by atoms with Gasteiger partial charge in [-0.25, -0.2) is 9.97 Å². The lowest BCUT2D eigenvalue weighted by molar-refractivity contribution is -0.127. The summed E-state index contributed by atoms with van der Waals surface area (Å²) < 4.78 is 0. The Bertz CT molecular complexity index is 1680. The van der Waals surface area contributed by atoms with Gasteiger partial charge in [-0.3, -0.25) is 29.5 Å². The number of anilines is 2. The number of benzene rings is 2. The van der Waals surface area contributed by atoms with Crippen molar-refractivity contribution in [1.29, 1.82) is 0 Å². The number of aromatic amines is 2. The predicted octanol–water partition coefficient (Wildman–Crippen LogP) is 2.34. The van der Waals surface area contributed by atoms with Crippen LogP contribution in [0.25, 0.3) is 22.0 Å². The van der Waals surface area contributed by atoms with E-state index in [1.165, 1.54) is 0 Å². The number of halogens is 1. The van der Waals surface area contributed by atoms with E-state index in [1.54, 1.807) is 23.1 Å². The van der Waals surface area contributed by atoms with Crippen LogP contribution >= 0.6 is 12.4 Å². The van der Waals surface area contributed by atoms with Gasteiger partial charge in [0.05, 0.1) is 10.9 Å². The van der Waals surface area contributed by atoms with Gasteiger partial charge in [0.1, 0.15) is 6.04 Å². The summed E-state index contributed by atoms with van der Waals surface area (Å²) in [7, 11) is 0. The van der Waals surface area contributed by atoms with Gasteiger partial charge in [-0.1, -0.05) is 24.3 Å². The van der Waals surface area contributed by atoms with Crippen LogP contribution in [0.3, 0.4) is 0 Å². The summed E-state index contributed by atoms with van der Waals surface area (Å²) >= 11 is 0. The van der Waals surface area contributed by atoms with Crippen molar-refractivity contribution in [3.8, 4) is 11.1 Å². The minimum absolute atomic E-state index is 0. The first kappa shape index (κ1) is 32.1. The normalized spacial score (nSPS) is 19.1. The molecule has 1 aliphatic carbocycles. The van der Waals surface area contributed by atoms with Crippen molar-refractivity contribution in [3.63, 3.8) is 0 Å². The van der Waals surface area contributed by atoms with Crippen LogP contribution in [-0.2, 0) is 16.0 Å². The van der Waals surface area contributed by atoms with Crippen LogP contribution in [0, 0.1) is 11.8 Å². The average molecular weight is 634 g/mol. The molecule has 0 radical (unpaired) electrons. The Morgan fingerprint density at radius 1 is 0.978 bits per heavy atom. The second kappa shape index (κ2) is 14.2. The molecular formula is C32H40ClN9O3. The predicted molar refractivity (Wildman–Crippen MR) is 177 cm³/mol. The number of fused-ring (bicyclic) bond motifs is 1. The van der Waals surface area contributed by atoms with E-state index in [0.29, 0.717) is 47.8 Å². The molecule has 1 saturated carbocycles. The number of rotatable bonds is 9. The summed E-state index contributed by atoms with van der Waals surface area (Å²) in [6.45, 7) is 4.13. The molecule has 1 atom stereocenters. The molecule has 2 aromatic carbocycles. The van der Waals surface area contributed by atoms with Crippen LogP contribution in [0.2, 0.25) is 0 Å². The first-order valence-corrected chi connectivity index (χ1v) is 15.3. The van der Waals surface area contributed by atoms with Gasteiger partial charge in [-0.05, 0) is 67.5 Å². The minimum atomic E-state index is -0.945. The maximum atomic E-state index is 14.2. The number of nitrogens with zero attached hydrogens (tertiary/aromatic N) is 4. The molecule has 7 N–H and O–H groups in total. The fourth-order valence-corrected chi connectivity index (χ4v) is 6.40. The molecule has 2 aliphatic rings. The van der Waals surface area contributed by atoms with Gasteiger partial charge in [0.25, 0.3) is 5.56 Å². The molecular weight excluding hydrogens is 594 g/mol. The lowest BCUT2D eigenvalue weighted by atomic mass is 9.81. The fourth-order valence-electron chi connectivity index (χ4n) is 6.40. The number of piperazine rings is 1. The molecule has 0 spiro atoms. The third-order valence-electron chi connectivity index (χ3n) is 8.97. The highest BCUT2D eigenvalue weighted by Gasteiger charge is 2.36. The number of hydrogen-bond acceptors (Lipinski definition) is 8. The highest BCUT2D eigenvalue weighted by Crippen LogP contribution is 2.33. The molecule has 2 aromatic heterocycles. The average Bonchev–Trinajstić information content (AvgIpc) is 3.44. The van der Waals surface area contributed by atoms with Crippen LogP contribution in [-0.4, -0.2) is 70.7 Å². The van der Waals surface area contributed by atoms with Gasteiger partial charge in [-0.15, -0.1) is 12.4 Å². The Morgan fingerprint density at radius 2 is 1.71 bits per heavy atom. The van der Waals surface area contributed by atoms with Crippen LogP contribution in [0.15, 0.2) is 59.7 Å². The summed E-state index contributed by atoms with van der Waals surface area (Å²) in [5.74, 6) is 0.104. The molecule has 45 heavy (non-hydrogen) atoms. The first-order chi connectivity index (χ1) is 21.4. The Kier molecular flexibility index (Phi) is 10.2. The van der Waals surface area contributed by atoms with Crippen LogP contribution in [0.5, 0.6) is 0 Å². The molecule has 3 heterocycles. The number of H-pyrrole nitrogens is 2. The monoisotopic (exact) mass is 633 g/mol. The van der Waals surface area contributed by atoms with Gasteiger partial charge in [0.2, 0.25) is 17.8 Å². The molecule has 13 heteroatoms. The second-order valence-corrected chi connectivity index (χ2v) is 11.8. The van der Waals surface area contributed by atoms with E-state index < -0.39 is 11.9 Å². The summed E-state index contributed by atoms with van der Waals surface area (Å²) in [4.78, 5) is 52.4. The number of carbonyl (C=O) groups excluding carboxylic acids is 2. The van der Waals surface area contributed by atoms with Gasteiger partial charge in [-0.2, -0.15) is 0 Å². The van der Waals surface area contributed by atoms with Crippen molar-refractivity contribution in [2.75, 3.05) is 42.5 Å². The zero-order valence-electron chi connectivity index (χ0n) is 25.1. The second-order valence-electron chi connectivity index (χ2n) is 11.8. The lowest BCUT2D eigenvalue weighted by Crippen LogP contribution is -2.52. The Balaban J connectivity index is 0.00000400. The third kappa shape index (κ3) is 7.03. The molecule has 12 nitrogen and oxygen atoms in total. The van der Waals surface area contributed by atoms with Gasteiger partial charge in [0.15, 0.2) is 0 Å². The standard InChI is InChI=1S/C32H39N9O3.ClH/c33-17-20-4-6-22(7-5-20)31(44)41(25-8-9-26-27(16-25)38-39-30(26)43)28(29(34)42)15-21-2-1-3-23(14-21)24-18-36-32(37-19-24)40-12-10-35-11-13-40;/h1-3,8-9,14,16,18-20,22,28,35H,4-7,10-13,15,17,33H2,(H2,34,42)(H2,38,39,43);1H/t20-,22-,28-;/m0./s1.